The lowest BCUT2D eigenvalue weighted by Gasteiger charge is -2.13. The lowest BCUT2D eigenvalue weighted by atomic mass is 10.2. The molecule has 2 nitrogen and oxygen atoms in total. The van der Waals surface area contributed by atoms with E-state index in [1.165, 1.54) is 11.3 Å². The summed E-state index contributed by atoms with van der Waals surface area (Å²) < 4.78 is 19.0. The van der Waals surface area contributed by atoms with Crippen LogP contribution in [0.1, 0.15) is 31.7 Å². The molecule has 0 aliphatic carbocycles. The molecule has 1 aromatic rings. The van der Waals surface area contributed by atoms with Gasteiger partial charge in [0.05, 0.1) is 6.10 Å². The van der Waals surface area contributed by atoms with Gasteiger partial charge in [0, 0.05) is 23.8 Å². The van der Waals surface area contributed by atoms with Crippen molar-refractivity contribution < 1.29 is 9.13 Å². The van der Waals surface area contributed by atoms with E-state index in [0.29, 0.717) is 6.10 Å². The third-order valence-electron chi connectivity index (χ3n) is 3.21. The first-order valence-electron chi connectivity index (χ1n) is 7.03. The Morgan fingerprint density at radius 1 is 1.47 bits per heavy atom. The molecule has 0 spiro atoms. The Morgan fingerprint density at radius 2 is 2.37 bits per heavy atom. The predicted octanol–water partition coefficient (Wildman–Crippen LogP) is 3.60. The molecule has 1 unspecified atom stereocenters. The minimum atomic E-state index is -0.158. The first kappa shape index (κ1) is 14.8. The van der Waals surface area contributed by atoms with Crippen molar-refractivity contribution in [3.8, 4) is 0 Å². The standard InChI is InChI=1S/C15H22FNOS/c1-2-7-17-10-12-9-13(16)5-6-15(12)19-11-14-4-3-8-18-14/h5-6,9,14,17H,2-4,7-8,10-11H2,1H3. The van der Waals surface area contributed by atoms with Gasteiger partial charge in [0.2, 0.25) is 0 Å². The van der Waals surface area contributed by atoms with Crippen LogP contribution in [0.15, 0.2) is 23.1 Å². The Balaban J connectivity index is 1.92. The van der Waals surface area contributed by atoms with E-state index in [1.54, 1.807) is 23.9 Å². The van der Waals surface area contributed by atoms with Crippen LogP contribution >= 0.6 is 11.8 Å². The third kappa shape index (κ3) is 4.79. The van der Waals surface area contributed by atoms with Crippen LogP contribution in [0.2, 0.25) is 0 Å². The zero-order valence-electron chi connectivity index (χ0n) is 11.5. The lowest BCUT2D eigenvalue weighted by molar-refractivity contribution is 0.129. The van der Waals surface area contributed by atoms with Gasteiger partial charge >= 0.3 is 0 Å². The highest BCUT2D eigenvalue weighted by molar-refractivity contribution is 7.99. The maximum Gasteiger partial charge on any atom is 0.123 e. The number of benzene rings is 1. The van der Waals surface area contributed by atoms with E-state index in [1.807, 2.05) is 6.07 Å². The van der Waals surface area contributed by atoms with E-state index in [0.717, 1.165) is 43.9 Å². The van der Waals surface area contributed by atoms with E-state index in [9.17, 15) is 4.39 Å². The van der Waals surface area contributed by atoms with Crippen molar-refractivity contribution >= 4 is 11.8 Å². The Hall–Kier alpha value is -0.580. The maximum absolute atomic E-state index is 13.3. The van der Waals surface area contributed by atoms with Crippen LogP contribution in [0.25, 0.3) is 0 Å². The molecule has 0 amide bonds. The van der Waals surface area contributed by atoms with Crippen LogP contribution < -0.4 is 5.32 Å². The monoisotopic (exact) mass is 283 g/mol. The molecule has 0 aromatic heterocycles. The number of hydrogen-bond donors (Lipinski definition) is 1. The molecular weight excluding hydrogens is 261 g/mol. The molecule has 1 aliphatic rings. The second kappa shape index (κ2) is 7.88. The zero-order valence-corrected chi connectivity index (χ0v) is 12.3. The molecule has 4 heteroatoms. The fourth-order valence-corrected chi connectivity index (χ4v) is 3.29. The Bertz CT molecular complexity index is 394. The Labute approximate surface area is 119 Å². The van der Waals surface area contributed by atoms with Gasteiger partial charge in [0.1, 0.15) is 5.82 Å². The van der Waals surface area contributed by atoms with Gasteiger partial charge in [0.25, 0.3) is 0 Å². The summed E-state index contributed by atoms with van der Waals surface area (Å²) >= 11 is 1.78. The highest BCUT2D eigenvalue weighted by Gasteiger charge is 2.16. The normalized spacial score (nSPS) is 18.9. The fraction of sp³-hybridized carbons (Fsp3) is 0.600. The largest absolute Gasteiger partial charge is 0.377 e. The summed E-state index contributed by atoms with van der Waals surface area (Å²) in [5, 5.41) is 3.34. The molecule has 1 aromatic carbocycles. The molecule has 1 heterocycles. The van der Waals surface area contributed by atoms with Gasteiger partial charge in [0.15, 0.2) is 0 Å². The third-order valence-corrected chi connectivity index (χ3v) is 4.46. The summed E-state index contributed by atoms with van der Waals surface area (Å²) in [7, 11) is 0. The van der Waals surface area contributed by atoms with Gasteiger partial charge in [-0.1, -0.05) is 6.92 Å². The van der Waals surface area contributed by atoms with Crippen LogP contribution in [-0.4, -0.2) is 25.0 Å². The van der Waals surface area contributed by atoms with Crippen LogP contribution in [0.5, 0.6) is 0 Å². The summed E-state index contributed by atoms with van der Waals surface area (Å²) in [5.41, 5.74) is 1.05. The summed E-state index contributed by atoms with van der Waals surface area (Å²) in [6.07, 6.45) is 3.77. The molecule has 1 fully saturated rings. The fourth-order valence-electron chi connectivity index (χ4n) is 2.19. The van der Waals surface area contributed by atoms with Gasteiger partial charge in [-0.25, -0.2) is 4.39 Å². The summed E-state index contributed by atoms with van der Waals surface area (Å²) in [5.74, 6) is 0.807. The minimum absolute atomic E-state index is 0.158. The molecule has 1 N–H and O–H groups in total. The van der Waals surface area contributed by atoms with Gasteiger partial charge in [-0.3, -0.25) is 0 Å². The molecule has 0 bridgehead atoms. The van der Waals surface area contributed by atoms with Crippen LogP contribution in [-0.2, 0) is 11.3 Å². The highest BCUT2D eigenvalue weighted by Crippen LogP contribution is 2.27. The number of thioether (sulfide) groups is 1. The van der Waals surface area contributed by atoms with Crippen molar-refractivity contribution in [3.63, 3.8) is 0 Å². The summed E-state index contributed by atoms with van der Waals surface area (Å²) in [6.45, 7) is 4.72. The topological polar surface area (TPSA) is 21.3 Å². The van der Waals surface area contributed by atoms with Crippen molar-refractivity contribution in [2.45, 2.75) is 43.7 Å². The van der Waals surface area contributed by atoms with Gasteiger partial charge < -0.3 is 10.1 Å². The maximum atomic E-state index is 13.3. The Morgan fingerprint density at radius 3 is 3.11 bits per heavy atom. The second-order valence-electron chi connectivity index (χ2n) is 4.87. The quantitative estimate of drug-likeness (QED) is 0.610. The SMILES string of the molecule is CCCNCc1cc(F)ccc1SCC1CCCO1. The number of halogens is 1. The predicted molar refractivity (Wildman–Crippen MR) is 78.1 cm³/mol. The average molecular weight is 283 g/mol. The van der Waals surface area contributed by atoms with Crippen LogP contribution in [0.4, 0.5) is 4.39 Å². The zero-order chi connectivity index (χ0) is 13.5. The first-order chi connectivity index (χ1) is 9.29. The van der Waals surface area contributed by atoms with Crippen molar-refractivity contribution in [2.75, 3.05) is 18.9 Å². The average Bonchev–Trinajstić information content (AvgIpc) is 2.91. The molecule has 106 valence electrons. The highest BCUT2D eigenvalue weighted by atomic mass is 32.2. The molecule has 1 saturated heterocycles. The first-order valence-corrected chi connectivity index (χ1v) is 8.01. The van der Waals surface area contributed by atoms with Gasteiger partial charge in [-0.15, -0.1) is 11.8 Å². The van der Waals surface area contributed by atoms with E-state index in [2.05, 4.69) is 12.2 Å². The van der Waals surface area contributed by atoms with Crippen molar-refractivity contribution in [1.29, 1.82) is 0 Å². The van der Waals surface area contributed by atoms with Crippen LogP contribution in [0, 0.1) is 5.82 Å². The summed E-state index contributed by atoms with van der Waals surface area (Å²) in [4.78, 5) is 1.17. The van der Waals surface area contributed by atoms with E-state index >= 15 is 0 Å². The Kier molecular flexibility index (Phi) is 6.14. The molecule has 0 saturated carbocycles. The smallest absolute Gasteiger partial charge is 0.123 e. The van der Waals surface area contributed by atoms with Gasteiger partial charge in [-0.05, 0) is 49.6 Å². The van der Waals surface area contributed by atoms with Crippen molar-refractivity contribution in [1.82, 2.24) is 5.32 Å². The molecule has 19 heavy (non-hydrogen) atoms. The van der Waals surface area contributed by atoms with E-state index in [4.69, 9.17) is 4.74 Å². The molecule has 2 rings (SSSR count). The molecular formula is C15H22FNOS. The molecule has 1 atom stereocenters. The number of ether oxygens (including phenoxy) is 1. The van der Waals surface area contributed by atoms with Crippen LogP contribution in [0.3, 0.4) is 0 Å². The minimum Gasteiger partial charge on any atom is -0.377 e. The van der Waals surface area contributed by atoms with Crippen molar-refractivity contribution in [2.24, 2.45) is 0 Å². The van der Waals surface area contributed by atoms with E-state index in [-0.39, 0.29) is 5.82 Å². The van der Waals surface area contributed by atoms with Crippen molar-refractivity contribution in [3.05, 3.63) is 29.6 Å². The molecule has 0 radical (unpaired) electrons. The summed E-state index contributed by atoms with van der Waals surface area (Å²) in [6, 6.07) is 5.07. The number of rotatable bonds is 7. The lowest BCUT2D eigenvalue weighted by Crippen LogP contribution is -2.15. The van der Waals surface area contributed by atoms with Gasteiger partial charge in [-0.2, -0.15) is 0 Å². The van der Waals surface area contributed by atoms with E-state index < -0.39 is 0 Å². The molecule has 1 aliphatic heterocycles. The number of nitrogens with one attached hydrogen (secondary N) is 1. The second-order valence-corrected chi connectivity index (χ2v) is 5.94. The number of hydrogen-bond acceptors (Lipinski definition) is 3.